The third-order valence-electron chi connectivity index (χ3n) is 5.25. The van der Waals surface area contributed by atoms with E-state index in [1.54, 1.807) is 0 Å². The molecule has 0 spiro atoms. The van der Waals surface area contributed by atoms with Crippen molar-refractivity contribution >= 4 is 30.0 Å². The standard InChI is InChI=1S/C26H19N2.B.Y/c1-18-8-9-21(17-25(18)26-27-14-5-15-28(26)2)20-12-13-24-22(16-20)11-10-19-6-3-4-7-23(19)24;;/h3-15H,1-2H3;;/q-1;;. The number of hydrogen-bond donors (Lipinski definition) is 0. The van der Waals surface area contributed by atoms with Crippen LogP contribution in [0.25, 0.3) is 44.1 Å². The van der Waals surface area contributed by atoms with E-state index in [4.69, 9.17) is 0 Å². The Morgan fingerprint density at radius 2 is 1.57 bits per heavy atom. The molecule has 140 valence electrons. The molecule has 0 bridgehead atoms. The Labute approximate surface area is 204 Å². The van der Waals surface area contributed by atoms with E-state index in [0.717, 1.165) is 33.5 Å². The molecule has 0 aliphatic carbocycles. The average molecular weight is 459 g/mol. The van der Waals surface area contributed by atoms with Crippen molar-refractivity contribution in [3.63, 3.8) is 0 Å². The van der Waals surface area contributed by atoms with Crippen molar-refractivity contribution in [3.8, 4) is 22.5 Å². The van der Waals surface area contributed by atoms with Crippen LogP contribution in [0.5, 0.6) is 0 Å². The summed E-state index contributed by atoms with van der Waals surface area (Å²) < 4.78 is 2.03. The van der Waals surface area contributed by atoms with E-state index in [1.165, 1.54) is 16.2 Å². The van der Waals surface area contributed by atoms with Crippen molar-refractivity contribution in [1.82, 2.24) is 4.98 Å². The molecule has 0 aliphatic rings. The minimum absolute atomic E-state index is 0. The SMILES string of the molecule is Cc1ccc(-c2[c-]c3ccc4ccccc4c3cc2)[c-]c1-c1nccc[n+]1C.[B].[Y]. The fraction of sp³-hybridized carbons (Fsp3) is 0.0769. The fourth-order valence-electron chi connectivity index (χ4n) is 3.73. The molecule has 0 fully saturated rings. The van der Waals surface area contributed by atoms with Gasteiger partial charge in [-0.25, -0.2) is 0 Å². The summed E-state index contributed by atoms with van der Waals surface area (Å²) in [7, 11) is 2.01. The number of aryl methyl sites for hydroxylation is 2. The van der Waals surface area contributed by atoms with E-state index in [9.17, 15) is 0 Å². The summed E-state index contributed by atoms with van der Waals surface area (Å²) in [5.74, 6) is 0.911. The van der Waals surface area contributed by atoms with Crippen LogP contribution in [0.4, 0.5) is 0 Å². The molecule has 4 aromatic carbocycles. The van der Waals surface area contributed by atoms with Gasteiger partial charge in [-0.15, -0.1) is 35.2 Å². The van der Waals surface area contributed by atoms with Gasteiger partial charge in [-0.2, -0.15) is 29.3 Å². The number of hydrogen-bond acceptors (Lipinski definition) is 1. The van der Waals surface area contributed by atoms with Gasteiger partial charge in [0.1, 0.15) is 6.20 Å². The molecule has 30 heavy (non-hydrogen) atoms. The van der Waals surface area contributed by atoms with Gasteiger partial charge in [0.15, 0.2) is 0 Å². The number of benzene rings is 4. The van der Waals surface area contributed by atoms with Crippen molar-refractivity contribution in [2.45, 2.75) is 6.92 Å². The monoisotopic (exact) mass is 459 g/mol. The predicted molar refractivity (Wildman–Crippen MR) is 119 cm³/mol. The van der Waals surface area contributed by atoms with Gasteiger partial charge in [0.25, 0.3) is 5.82 Å². The first kappa shape index (κ1) is 22.3. The van der Waals surface area contributed by atoms with E-state index >= 15 is 0 Å². The number of fused-ring (bicyclic) bond motifs is 3. The number of nitrogens with zero attached hydrogens (tertiary/aromatic N) is 2. The minimum atomic E-state index is 0. The molecule has 0 saturated heterocycles. The zero-order valence-corrected chi connectivity index (χ0v) is 19.9. The molecule has 2 nitrogen and oxygen atoms in total. The van der Waals surface area contributed by atoms with Crippen LogP contribution < -0.4 is 4.57 Å². The Balaban J connectivity index is 0.00000128. The van der Waals surface area contributed by atoms with E-state index in [0.29, 0.717) is 0 Å². The zero-order valence-electron chi connectivity index (χ0n) is 17.1. The van der Waals surface area contributed by atoms with Gasteiger partial charge in [-0.3, -0.25) is 4.57 Å². The maximum absolute atomic E-state index is 4.55. The summed E-state index contributed by atoms with van der Waals surface area (Å²) in [4.78, 5) is 4.55. The smallest absolute Gasteiger partial charge is 0.264 e. The molecule has 1 aromatic heterocycles. The molecule has 4 heteroatoms. The van der Waals surface area contributed by atoms with Crippen molar-refractivity contribution in [2.75, 3.05) is 0 Å². The Kier molecular flexibility index (Phi) is 6.85. The van der Waals surface area contributed by atoms with E-state index < -0.39 is 0 Å². The first-order valence-electron chi connectivity index (χ1n) is 9.39. The van der Waals surface area contributed by atoms with Crippen LogP contribution in [-0.2, 0) is 39.8 Å². The van der Waals surface area contributed by atoms with Gasteiger partial charge in [-0.1, -0.05) is 47.6 Å². The first-order chi connectivity index (χ1) is 13.7. The molecule has 0 saturated carbocycles. The van der Waals surface area contributed by atoms with Crippen LogP contribution in [0.3, 0.4) is 0 Å². The molecule has 0 aliphatic heterocycles. The zero-order chi connectivity index (χ0) is 19.1. The van der Waals surface area contributed by atoms with Crippen molar-refractivity contribution in [3.05, 3.63) is 96.8 Å². The quantitative estimate of drug-likeness (QED) is 0.156. The van der Waals surface area contributed by atoms with Crippen molar-refractivity contribution in [1.29, 1.82) is 0 Å². The normalized spacial score (nSPS) is 10.5. The van der Waals surface area contributed by atoms with Crippen LogP contribution in [0.15, 0.2) is 79.1 Å². The van der Waals surface area contributed by atoms with Gasteiger partial charge >= 0.3 is 0 Å². The second kappa shape index (κ2) is 9.20. The van der Waals surface area contributed by atoms with Gasteiger partial charge in [0.05, 0.1) is 13.2 Å². The third kappa shape index (κ3) is 3.97. The topological polar surface area (TPSA) is 16.8 Å². The minimum Gasteiger partial charge on any atom is -0.265 e. The Morgan fingerprint density at radius 1 is 0.800 bits per heavy atom. The van der Waals surface area contributed by atoms with Crippen molar-refractivity contribution < 1.29 is 37.3 Å². The average Bonchev–Trinajstić information content (AvgIpc) is 2.74. The Bertz CT molecular complexity index is 1350. The van der Waals surface area contributed by atoms with Gasteiger partial charge < -0.3 is 0 Å². The predicted octanol–water partition coefficient (Wildman–Crippen LogP) is 5.07. The summed E-state index contributed by atoms with van der Waals surface area (Å²) in [5.41, 5.74) is 4.25. The molecule has 5 rings (SSSR count). The van der Waals surface area contributed by atoms with Gasteiger partial charge in [-0.05, 0) is 16.3 Å². The van der Waals surface area contributed by atoms with Crippen LogP contribution >= 0.6 is 0 Å². The van der Waals surface area contributed by atoms with E-state index in [-0.39, 0.29) is 41.1 Å². The maximum atomic E-state index is 4.55. The van der Waals surface area contributed by atoms with Crippen LogP contribution in [0.2, 0.25) is 0 Å². The molecule has 0 atom stereocenters. The second-order valence-electron chi connectivity index (χ2n) is 7.10. The van der Waals surface area contributed by atoms with E-state index in [1.807, 2.05) is 30.1 Å². The summed E-state index contributed by atoms with van der Waals surface area (Å²) in [6.07, 6.45) is 3.83. The van der Waals surface area contributed by atoms with Crippen LogP contribution in [0.1, 0.15) is 5.56 Å². The maximum Gasteiger partial charge on any atom is 0.264 e. The summed E-state index contributed by atoms with van der Waals surface area (Å²) in [5, 5.41) is 4.86. The van der Waals surface area contributed by atoms with Crippen molar-refractivity contribution in [2.24, 2.45) is 7.05 Å². The first-order valence-corrected chi connectivity index (χ1v) is 9.39. The molecular weight excluding hydrogens is 440 g/mol. The second-order valence-corrected chi connectivity index (χ2v) is 7.10. The molecule has 5 aromatic rings. The van der Waals surface area contributed by atoms with E-state index in [2.05, 4.69) is 84.7 Å². The third-order valence-corrected chi connectivity index (χ3v) is 5.25. The van der Waals surface area contributed by atoms with Crippen LogP contribution in [0, 0.1) is 19.1 Å². The number of rotatable bonds is 2. The summed E-state index contributed by atoms with van der Waals surface area (Å²) in [6, 6.07) is 30.5. The molecule has 1 heterocycles. The van der Waals surface area contributed by atoms with Crippen LogP contribution in [-0.4, -0.2) is 13.4 Å². The van der Waals surface area contributed by atoms with Gasteiger partial charge in [0.2, 0.25) is 0 Å². The molecule has 4 radical (unpaired) electrons. The Hall–Kier alpha value is -2.35. The summed E-state index contributed by atoms with van der Waals surface area (Å²) in [6.45, 7) is 2.10. The fourth-order valence-corrected chi connectivity index (χ4v) is 3.73. The molecular formula is C26H19BN2Y-. The number of aromatic nitrogens is 2. The molecule has 0 N–H and O–H groups in total. The molecule has 0 amide bonds. The van der Waals surface area contributed by atoms with Gasteiger partial charge in [0, 0.05) is 47.2 Å². The largest absolute Gasteiger partial charge is 0.265 e. The Morgan fingerprint density at radius 3 is 2.40 bits per heavy atom. The summed E-state index contributed by atoms with van der Waals surface area (Å²) >= 11 is 0. The molecule has 0 unspecified atom stereocenters.